The predicted molar refractivity (Wildman–Crippen MR) is 70.2 cm³/mol. The zero-order valence-corrected chi connectivity index (χ0v) is 10.7. The number of urea groups is 1. The summed E-state index contributed by atoms with van der Waals surface area (Å²) < 4.78 is 0. The molecule has 0 radical (unpaired) electrons. The molecule has 1 aliphatic rings. The summed E-state index contributed by atoms with van der Waals surface area (Å²) in [5.74, 6) is 0. The first-order valence-corrected chi connectivity index (χ1v) is 6.37. The summed E-state index contributed by atoms with van der Waals surface area (Å²) in [6.45, 7) is 2.88. The van der Waals surface area contributed by atoms with E-state index in [1.807, 2.05) is 31.2 Å². The molecule has 2 rings (SSSR count). The lowest BCUT2D eigenvalue weighted by atomic mass is 9.80. The van der Waals surface area contributed by atoms with Crippen molar-refractivity contribution < 1.29 is 9.90 Å². The van der Waals surface area contributed by atoms with Crippen LogP contribution in [0.25, 0.3) is 0 Å². The average Bonchev–Trinajstić information content (AvgIpc) is 2.33. The van der Waals surface area contributed by atoms with Gasteiger partial charge in [0.1, 0.15) is 0 Å². The third kappa shape index (κ3) is 3.47. The molecule has 1 aromatic carbocycles. The van der Waals surface area contributed by atoms with Gasteiger partial charge < -0.3 is 15.7 Å². The molecule has 98 valence electrons. The molecule has 4 nitrogen and oxygen atoms in total. The molecule has 0 bridgehead atoms. The Hall–Kier alpha value is -1.55. The van der Waals surface area contributed by atoms with Crippen molar-refractivity contribution in [1.29, 1.82) is 0 Å². The summed E-state index contributed by atoms with van der Waals surface area (Å²) in [5.41, 5.74) is 1.61. The summed E-state index contributed by atoms with van der Waals surface area (Å²) in [7, 11) is 0. The Morgan fingerprint density at radius 2 is 1.94 bits per heavy atom. The molecule has 0 saturated heterocycles. The molecule has 1 saturated carbocycles. The van der Waals surface area contributed by atoms with E-state index in [4.69, 9.17) is 0 Å². The van der Waals surface area contributed by atoms with Gasteiger partial charge in [-0.3, -0.25) is 0 Å². The van der Waals surface area contributed by atoms with Gasteiger partial charge in [0.25, 0.3) is 0 Å². The fourth-order valence-electron chi connectivity index (χ4n) is 1.96. The van der Waals surface area contributed by atoms with Crippen LogP contribution in [0.5, 0.6) is 0 Å². The highest BCUT2D eigenvalue weighted by Gasteiger charge is 2.34. The Morgan fingerprint density at radius 1 is 1.28 bits per heavy atom. The monoisotopic (exact) mass is 248 g/mol. The molecule has 1 fully saturated rings. The molecule has 0 spiro atoms. The van der Waals surface area contributed by atoms with Crippen LogP contribution in [-0.2, 0) is 6.54 Å². The minimum absolute atomic E-state index is 0.226. The summed E-state index contributed by atoms with van der Waals surface area (Å²) in [6, 6.07) is 7.80. The van der Waals surface area contributed by atoms with Gasteiger partial charge in [0.05, 0.1) is 5.60 Å². The molecule has 0 heterocycles. The largest absolute Gasteiger partial charge is 0.388 e. The molecular formula is C14H20N2O2. The maximum absolute atomic E-state index is 11.5. The van der Waals surface area contributed by atoms with Crippen LogP contribution in [0.15, 0.2) is 24.3 Å². The van der Waals surface area contributed by atoms with E-state index in [2.05, 4.69) is 10.6 Å². The topological polar surface area (TPSA) is 61.4 Å². The van der Waals surface area contributed by atoms with E-state index in [1.54, 1.807) is 0 Å². The molecule has 3 N–H and O–H groups in total. The molecule has 18 heavy (non-hydrogen) atoms. The number of nitrogens with one attached hydrogen (secondary N) is 2. The fraction of sp³-hybridized carbons (Fsp3) is 0.500. The number of hydrogen-bond acceptors (Lipinski definition) is 2. The minimum Gasteiger partial charge on any atom is -0.388 e. The third-order valence-electron chi connectivity index (χ3n) is 3.44. The van der Waals surface area contributed by atoms with E-state index >= 15 is 0 Å². The van der Waals surface area contributed by atoms with Gasteiger partial charge in [0, 0.05) is 13.1 Å². The van der Waals surface area contributed by atoms with Crippen molar-refractivity contribution in [3.8, 4) is 0 Å². The third-order valence-corrected chi connectivity index (χ3v) is 3.44. The van der Waals surface area contributed by atoms with Crippen molar-refractivity contribution in [2.45, 2.75) is 38.3 Å². The lowest BCUT2D eigenvalue weighted by Crippen LogP contribution is -2.49. The van der Waals surface area contributed by atoms with Crippen LogP contribution in [0.3, 0.4) is 0 Å². The number of carbonyl (C=O) groups is 1. The van der Waals surface area contributed by atoms with Crippen molar-refractivity contribution in [2.75, 3.05) is 6.54 Å². The van der Waals surface area contributed by atoms with Crippen LogP contribution in [-0.4, -0.2) is 23.3 Å². The summed E-state index contributed by atoms with van der Waals surface area (Å²) in [4.78, 5) is 11.5. The number of benzene rings is 1. The molecule has 4 heteroatoms. The predicted octanol–water partition coefficient (Wildman–Crippen LogP) is 1.71. The summed E-state index contributed by atoms with van der Waals surface area (Å²) >= 11 is 0. The second-order valence-electron chi connectivity index (χ2n) is 5.10. The Morgan fingerprint density at radius 3 is 2.50 bits per heavy atom. The van der Waals surface area contributed by atoms with Gasteiger partial charge in [-0.2, -0.15) is 0 Å². The van der Waals surface area contributed by atoms with Crippen molar-refractivity contribution in [2.24, 2.45) is 0 Å². The van der Waals surface area contributed by atoms with Crippen molar-refractivity contribution in [3.63, 3.8) is 0 Å². The normalized spacial score (nSPS) is 16.8. The summed E-state index contributed by atoms with van der Waals surface area (Å²) in [5, 5.41) is 15.3. The quantitative estimate of drug-likeness (QED) is 0.759. The van der Waals surface area contributed by atoms with Gasteiger partial charge in [0.15, 0.2) is 0 Å². The van der Waals surface area contributed by atoms with Crippen LogP contribution in [0, 0.1) is 6.92 Å². The Balaban J connectivity index is 1.69. The Kier molecular flexibility index (Phi) is 3.87. The number of aliphatic hydroxyl groups is 1. The Bertz CT molecular complexity index is 410. The van der Waals surface area contributed by atoms with E-state index in [0.29, 0.717) is 13.1 Å². The second kappa shape index (κ2) is 5.40. The van der Waals surface area contributed by atoms with Crippen LogP contribution in [0.4, 0.5) is 4.79 Å². The standard InChI is InChI=1S/C14H20N2O2/c1-11-3-5-12(6-4-11)9-15-13(17)16-10-14(18)7-2-8-14/h3-6,18H,2,7-10H2,1H3,(H2,15,16,17). The lowest BCUT2D eigenvalue weighted by molar-refractivity contribution is -0.0290. The lowest BCUT2D eigenvalue weighted by Gasteiger charge is -2.36. The van der Waals surface area contributed by atoms with E-state index in [-0.39, 0.29) is 6.03 Å². The van der Waals surface area contributed by atoms with Crippen LogP contribution in [0.2, 0.25) is 0 Å². The molecule has 2 amide bonds. The second-order valence-corrected chi connectivity index (χ2v) is 5.10. The maximum Gasteiger partial charge on any atom is 0.315 e. The first-order chi connectivity index (χ1) is 8.57. The highest BCUT2D eigenvalue weighted by atomic mass is 16.3. The SMILES string of the molecule is Cc1ccc(CNC(=O)NCC2(O)CCC2)cc1. The van der Waals surface area contributed by atoms with Crippen LogP contribution < -0.4 is 10.6 Å². The first-order valence-electron chi connectivity index (χ1n) is 6.37. The number of aryl methyl sites for hydroxylation is 1. The highest BCUT2D eigenvalue weighted by molar-refractivity contribution is 5.73. The van der Waals surface area contributed by atoms with Gasteiger partial charge in [-0.05, 0) is 31.7 Å². The van der Waals surface area contributed by atoms with Gasteiger partial charge >= 0.3 is 6.03 Å². The van der Waals surface area contributed by atoms with E-state index < -0.39 is 5.60 Å². The van der Waals surface area contributed by atoms with Crippen molar-refractivity contribution >= 4 is 6.03 Å². The van der Waals surface area contributed by atoms with Gasteiger partial charge in [-0.15, -0.1) is 0 Å². The van der Waals surface area contributed by atoms with Gasteiger partial charge in [-0.1, -0.05) is 29.8 Å². The van der Waals surface area contributed by atoms with Crippen molar-refractivity contribution in [3.05, 3.63) is 35.4 Å². The Labute approximate surface area is 107 Å². The zero-order chi connectivity index (χ0) is 13.0. The van der Waals surface area contributed by atoms with Crippen molar-refractivity contribution in [1.82, 2.24) is 10.6 Å². The minimum atomic E-state index is -0.665. The highest BCUT2D eigenvalue weighted by Crippen LogP contribution is 2.30. The molecule has 0 aromatic heterocycles. The maximum atomic E-state index is 11.5. The molecule has 0 atom stereocenters. The van der Waals surface area contributed by atoms with E-state index in [1.165, 1.54) is 5.56 Å². The van der Waals surface area contributed by atoms with E-state index in [9.17, 15) is 9.90 Å². The van der Waals surface area contributed by atoms with E-state index in [0.717, 1.165) is 24.8 Å². The summed E-state index contributed by atoms with van der Waals surface area (Å²) in [6.07, 6.45) is 2.61. The molecule has 1 aliphatic carbocycles. The zero-order valence-electron chi connectivity index (χ0n) is 10.7. The molecular weight excluding hydrogens is 228 g/mol. The smallest absolute Gasteiger partial charge is 0.315 e. The van der Waals surface area contributed by atoms with Gasteiger partial charge in [-0.25, -0.2) is 4.79 Å². The van der Waals surface area contributed by atoms with Crippen LogP contribution >= 0.6 is 0 Å². The van der Waals surface area contributed by atoms with Gasteiger partial charge in [0.2, 0.25) is 0 Å². The number of hydrogen-bond donors (Lipinski definition) is 3. The number of amides is 2. The first kappa shape index (κ1) is 12.9. The molecule has 0 aliphatic heterocycles. The van der Waals surface area contributed by atoms with Crippen LogP contribution in [0.1, 0.15) is 30.4 Å². The number of carbonyl (C=O) groups excluding carboxylic acids is 1. The molecule has 1 aromatic rings. The fourth-order valence-corrected chi connectivity index (χ4v) is 1.96. The number of rotatable bonds is 4. The average molecular weight is 248 g/mol. The molecule has 0 unspecified atom stereocenters.